The molecule has 1 aromatic rings. The number of carboxylic acid groups (broad SMARTS) is 1. The highest BCUT2D eigenvalue weighted by Crippen LogP contribution is 2.29. The fourth-order valence-corrected chi connectivity index (χ4v) is 2.78. The van der Waals surface area contributed by atoms with E-state index in [1.165, 1.54) is 12.1 Å². The van der Waals surface area contributed by atoms with Gasteiger partial charge in [0.2, 0.25) is 0 Å². The number of benzene rings is 1. The van der Waals surface area contributed by atoms with Crippen molar-refractivity contribution in [3.63, 3.8) is 0 Å². The van der Waals surface area contributed by atoms with Gasteiger partial charge in [-0.25, -0.2) is 4.39 Å². The zero-order chi connectivity index (χ0) is 13.8. The molecule has 1 heterocycles. The molecule has 0 radical (unpaired) electrons. The first-order valence-corrected chi connectivity index (χ1v) is 6.83. The topological polar surface area (TPSA) is 40.5 Å². The van der Waals surface area contributed by atoms with Crippen LogP contribution >= 0.6 is 0 Å². The van der Waals surface area contributed by atoms with Crippen molar-refractivity contribution in [3.8, 4) is 0 Å². The van der Waals surface area contributed by atoms with Crippen molar-refractivity contribution in [3.05, 3.63) is 30.1 Å². The summed E-state index contributed by atoms with van der Waals surface area (Å²) in [5.41, 5.74) is 0.894. The van der Waals surface area contributed by atoms with Gasteiger partial charge >= 0.3 is 5.97 Å². The molecule has 0 aromatic heterocycles. The van der Waals surface area contributed by atoms with Crippen molar-refractivity contribution in [1.29, 1.82) is 0 Å². The van der Waals surface area contributed by atoms with Gasteiger partial charge in [-0.15, -0.1) is 0 Å². The van der Waals surface area contributed by atoms with E-state index in [0.29, 0.717) is 12.3 Å². The van der Waals surface area contributed by atoms with Crippen molar-refractivity contribution in [2.45, 2.75) is 26.2 Å². The first kappa shape index (κ1) is 13.8. The molecular formula is C15H20FNO2. The van der Waals surface area contributed by atoms with E-state index < -0.39 is 5.97 Å². The van der Waals surface area contributed by atoms with Gasteiger partial charge in [-0.2, -0.15) is 0 Å². The van der Waals surface area contributed by atoms with Crippen LogP contribution in [0, 0.1) is 17.7 Å². The Kier molecular flexibility index (Phi) is 4.40. The predicted octanol–water partition coefficient (Wildman–Crippen LogP) is 3.15. The van der Waals surface area contributed by atoms with Gasteiger partial charge in [-0.1, -0.05) is 13.0 Å². The van der Waals surface area contributed by atoms with Crippen molar-refractivity contribution < 1.29 is 14.3 Å². The molecular weight excluding hydrogens is 245 g/mol. The number of anilines is 1. The highest BCUT2D eigenvalue weighted by molar-refractivity contribution is 5.69. The molecule has 19 heavy (non-hydrogen) atoms. The lowest BCUT2D eigenvalue weighted by Gasteiger charge is -2.20. The van der Waals surface area contributed by atoms with Crippen LogP contribution in [0.3, 0.4) is 0 Å². The number of halogens is 1. The Labute approximate surface area is 113 Å². The largest absolute Gasteiger partial charge is 0.481 e. The maximum absolute atomic E-state index is 13.2. The second kappa shape index (κ2) is 6.04. The van der Waals surface area contributed by atoms with Crippen LogP contribution in [-0.4, -0.2) is 24.2 Å². The van der Waals surface area contributed by atoms with Gasteiger partial charge in [-0.3, -0.25) is 4.79 Å². The van der Waals surface area contributed by atoms with Gasteiger partial charge in [0.05, 0.1) is 5.92 Å². The quantitative estimate of drug-likeness (QED) is 0.889. The van der Waals surface area contributed by atoms with Gasteiger partial charge in [0.15, 0.2) is 0 Å². The zero-order valence-electron chi connectivity index (χ0n) is 11.2. The van der Waals surface area contributed by atoms with Crippen molar-refractivity contribution in [2.75, 3.05) is 18.0 Å². The summed E-state index contributed by atoms with van der Waals surface area (Å²) in [4.78, 5) is 13.2. The van der Waals surface area contributed by atoms with Gasteiger partial charge in [0.25, 0.3) is 0 Å². The number of nitrogens with zero attached hydrogens (tertiary/aromatic N) is 1. The molecule has 1 fully saturated rings. The van der Waals surface area contributed by atoms with Crippen LogP contribution < -0.4 is 4.90 Å². The second-order valence-electron chi connectivity index (χ2n) is 5.26. The Morgan fingerprint density at radius 3 is 3.00 bits per heavy atom. The van der Waals surface area contributed by atoms with E-state index in [9.17, 15) is 9.18 Å². The lowest BCUT2D eigenvalue weighted by molar-refractivity contribution is -0.142. The van der Waals surface area contributed by atoms with Crippen molar-refractivity contribution >= 4 is 11.7 Å². The molecule has 0 saturated carbocycles. The zero-order valence-corrected chi connectivity index (χ0v) is 11.2. The number of hydrogen-bond donors (Lipinski definition) is 1. The third-order valence-electron chi connectivity index (χ3n) is 3.92. The summed E-state index contributed by atoms with van der Waals surface area (Å²) in [5.74, 6) is -0.786. The van der Waals surface area contributed by atoms with Gasteiger partial charge in [0, 0.05) is 18.8 Å². The van der Waals surface area contributed by atoms with Crippen LogP contribution in [0.4, 0.5) is 10.1 Å². The molecule has 2 rings (SSSR count). The van der Waals surface area contributed by atoms with Gasteiger partial charge in [-0.05, 0) is 43.4 Å². The van der Waals surface area contributed by atoms with Crippen LogP contribution in [0.15, 0.2) is 24.3 Å². The molecule has 1 aliphatic rings. The molecule has 104 valence electrons. The number of aliphatic carboxylic acids is 1. The van der Waals surface area contributed by atoms with E-state index >= 15 is 0 Å². The molecule has 1 N–H and O–H groups in total. The smallest absolute Gasteiger partial charge is 0.306 e. The molecule has 3 nitrogen and oxygen atoms in total. The first-order valence-electron chi connectivity index (χ1n) is 6.83. The Morgan fingerprint density at radius 2 is 2.37 bits per heavy atom. The van der Waals surface area contributed by atoms with Gasteiger partial charge < -0.3 is 10.0 Å². The Bertz CT molecular complexity index is 450. The fourth-order valence-electron chi connectivity index (χ4n) is 2.78. The van der Waals surface area contributed by atoms with E-state index in [-0.39, 0.29) is 11.7 Å². The Balaban J connectivity index is 1.94. The summed E-state index contributed by atoms with van der Waals surface area (Å²) < 4.78 is 13.2. The van der Waals surface area contributed by atoms with Crippen LogP contribution in [0.1, 0.15) is 26.2 Å². The number of carboxylic acids is 1. The van der Waals surface area contributed by atoms with E-state index in [1.807, 2.05) is 13.0 Å². The highest BCUT2D eigenvalue weighted by atomic mass is 19.1. The monoisotopic (exact) mass is 265 g/mol. The number of hydrogen-bond acceptors (Lipinski definition) is 2. The summed E-state index contributed by atoms with van der Waals surface area (Å²) in [6.45, 7) is 3.62. The molecule has 1 aromatic carbocycles. The van der Waals surface area contributed by atoms with Crippen LogP contribution in [0.25, 0.3) is 0 Å². The number of rotatable bonds is 5. The minimum atomic E-state index is -0.702. The van der Waals surface area contributed by atoms with Gasteiger partial charge in [0.1, 0.15) is 5.82 Å². The van der Waals surface area contributed by atoms with E-state index in [1.54, 1.807) is 6.07 Å². The molecule has 1 aliphatic heterocycles. The summed E-state index contributed by atoms with van der Waals surface area (Å²) in [6.07, 6.45) is 2.38. The number of carbonyl (C=O) groups is 1. The molecule has 2 atom stereocenters. The molecule has 1 saturated heterocycles. The van der Waals surface area contributed by atoms with Crippen LogP contribution in [-0.2, 0) is 4.79 Å². The molecule has 0 bridgehead atoms. The maximum atomic E-state index is 13.2. The maximum Gasteiger partial charge on any atom is 0.306 e. The average molecular weight is 265 g/mol. The molecule has 2 unspecified atom stereocenters. The normalized spacial score (nSPS) is 20.5. The Hall–Kier alpha value is -1.58. The SMILES string of the molecule is CCC(CC1CCN(c2cccc(F)c2)C1)C(=O)O. The standard InChI is InChI=1S/C15H20FNO2/c1-2-12(15(18)19)8-11-6-7-17(10-11)14-5-3-4-13(16)9-14/h3-5,9,11-12H,2,6-8,10H2,1H3,(H,18,19). The van der Waals surface area contributed by atoms with E-state index in [4.69, 9.17) is 5.11 Å². The predicted molar refractivity (Wildman–Crippen MR) is 72.8 cm³/mol. The molecule has 0 spiro atoms. The van der Waals surface area contributed by atoms with E-state index in [2.05, 4.69) is 4.90 Å². The van der Waals surface area contributed by atoms with Crippen molar-refractivity contribution in [1.82, 2.24) is 0 Å². The third-order valence-corrected chi connectivity index (χ3v) is 3.92. The Morgan fingerprint density at radius 1 is 1.58 bits per heavy atom. The van der Waals surface area contributed by atoms with Crippen molar-refractivity contribution in [2.24, 2.45) is 11.8 Å². The summed E-state index contributed by atoms with van der Waals surface area (Å²) in [7, 11) is 0. The minimum absolute atomic E-state index is 0.224. The molecule has 4 heteroatoms. The summed E-state index contributed by atoms with van der Waals surface area (Å²) >= 11 is 0. The molecule has 0 aliphatic carbocycles. The summed E-state index contributed by atoms with van der Waals surface area (Å²) in [6, 6.07) is 6.59. The van der Waals surface area contributed by atoms with Crippen LogP contribution in [0.2, 0.25) is 0 Å². The summed E-state index contributed by atoms with van der Waals surface area (Å²) in [5, 5.41) is 9.09. The first-order chi connectivity index (χ1) is 9.10. The lowest BCUT2D eigenvalue weighted by Crippen LogP contribution is -2.22. The minimum Gasteiger partial charge on any atom is -0.481 e. The fraction of sp³-hybridized carbons (Fsp3) is 0.533. The third kappa shape index (κ3) is 3.46. The molecule has 0 amide bonds. The van der Waals surface area contributed by atoms with Crippen LogP contribution in [0.5, 0.6) is 0 Å². The lowest BCUT2D eigenvalue weighted by atomic mass is 9.92. The highest BCUT2D eigenvalue weighted by Gasteiger charge is 2.27. The second-order valence-corrected chi connectivity index (χ2v) is 5.26. The average Bonchev–Trinajstić information content (AvgIpc) is 2.84. The van der Waals surface area contributed by atoms with E-state index in [0.717, 1.165) is 31.6 Å².